The molecule has 3 heteroatoms. The zero-order valence-electron chi connectivity index (χ0n) is 11.1. The monoisotopic (exact) mass is 241 g/mol. The van der Waals surface area contributed by atoms with Gasteiger partial charge < -0.3 is 10.6 Å². The Morgan fingerprint density at radius 3 is 2.39 bits per heavy atom. The molecule has 18 heavy (non-hydrogen) atoms. The van der Waals surface area contributed by atoms with Crippen LogP contribution >= 0.6 is 0 Å². The maximum Gasteiger partial charge on any atom is 0.135 e. The Balaban J connectivity index is 2.33. The summed E-state index contributed by atoms with van der Waals surface area (Å²) in [5.41, 5.74) is 10.2. The van der Waals surface area contributed by atoms with Crippen molar-refractivity contribution in [2.24, 2.45) is 5.73 Å². The molecular formula is C15H19N3. The summed E-state index contributed by atoms with van der Waals surface area (Å²) < 4.78 is 0. The number of nitrogens with zero attached hydrogens (tertiary/aromatic N) is 2. The van der Waals surface area contributed by atoms with E-state index in [2.05, 4.69) is 54.1 Å². The van der Waals surface area contributed by atoms with E-state index in [0.717, 1.165) is 22.6 Å². The lowest BCUT2D eigenvalue weighted by Gasteiger charge is -2.20. The molecule has 1 aromatic carbocycles. The predicted molar refractivity (Wildman–Crippen MR) is 76.1 cm³/mol. The van der Waals surface area contributed by atoms with Crippen LogP contribution in [-0.2, 0) is 6.54 Å². The topological polar surface area (TPSA) is 42.2 Å². The first-order valence-corrected chi connectivity index (χ1v) is 6.08. The van der Waals surface area contributed by atoms with Crippen LogP contribution in [0.1, 0.15) is 16.7 Å². The van der Waals surface area contributed by atoms with Crippen molar-refractivity contribution in [2.75, 3.05) is 11.9 Å². The molecule has 0 spiro atoms. The highest BCUT2D eigenvalue weighted by Gasteiger charge is 2.08. The van der Waals surface area contributed by atoms with Crippen LogP contribution in [0.5, 0.6) is 0 Å². The Labute approximate surface area is 108 Å². The molecule has 0 saturated heterocycles. The molecule has 2 N–H and O–H groups in total. The van der Waals surface area contributed by atoms with Gasteiger partial charge in [-0.15, -0.1) is 0 Å². The highest BCUT2D eigenvalue weighted by atomic mass is 15.2. The van der Waals surface area contributed by atoms with Gasteiger partial charge in [0.2, 0.25) is 0 Å². The van der Waals surface area contributed by atoms with Crippen molar-refractivity contribution in [3.8, 4) is 0 Å². The molecule has 1 aromatic heterocycles. The van der Waals surface area contributed by atoms with Gasteiger partial charge in [-0.2, -0.15) is 0 Å². The second-order valence-electron chi connectivity index (χ2n) is 4.58. The summed E-state index contributed by atoms with van der Waals surface area (Å²) in [5, 5.41) is 0. The molecule has 0 aliphatic rings. The summed E-state index contributed by atoms with van der Waals surface area (Å²) in [4.78, 5) is 6.59. The maximum absolute atomic E-state index is 5.62. The van der Waals surface area contributed by atoms with Gasteiger partial charge in [0.05, 0.1) is 0 Å². The van der Waals surface area contributed by atoms with Crippen LogP contribution in [0.4, 0.5) is 11.5 Å². The van der Waals surface area contributed by atoms with E-state index in [-0.39, 0.29) is 0 Å². The number of pyridine rings is 1. The first-order chi connectivity index (χ1) is 8.61. The van der Waals surface area contributed by atoms with Crippen LogP contribution in [0, 0.1) is 13.8 Å². The minimum atomic E-state index is 0.530. The molecule has 0 fully saturated rings. The second kappa shape index (κ2) is 5.19. The molecular weight excluding hydrogens is 222 g/mol. The van der Waals surface area contributed by atoms with E-state index in [1.807, 2.05) is 13.2 Å². The van der Waals surface area contributed by atoms with Gasteiger partial charge in [-0.25, -0.2) is 4.98 Å². The standard InChI is InChI=1S/C15H19N3/c1-11-4-6-14(7-5-11)18(3)15-12(2)8-13(9-16)10-17-15/h4-8,10H,9,16H2,1-3H3. The van der Waals surface area contributed by atoms with Crippen molar-refractivity contribution in [3.63, 3.8) is 0 Å². The Kier molecular flexibility index (Phi) is 3.63. The van der Waals surface area contributed by atoms with E-state index in [1.54, 1.807) is 0 Å². The van der Waals surface area contributed by atoms with Crippen LogP contribution in [0.15, 0.2) is 36.5 Å². The highest BCUT2D eigenvalue weighted by molar-refractivity contribution is 5.62. The number of aryl methyl sites for hydroxylation is 2. The van der Waals surface area contributed by atoms with Gasteiger partial charge in [-0.3, -0.25) is 0 Å². The summed E-state index contributed by atoms with van der Waals surface area (Å²) in [6.45, 7) is 4.68. The summed E-state index contributed by atoms with van der Waals surface area (Å²) in [5.74, 6) is 0.969. The zero-order chi connectivity index (χ0) is 13.1. The first-order valence-electron chi connectivity index (χ1n) is 6.08. The van der Waals surface area contributed by atoms with Crippen LogP contribution in [0.25, 0.3) is 0 Å². The van der Waals surface area contributed by atoms with E-state index in [1.165, 1.54) is 5.56 Å². The SMILES string of the molecule is Cc1ccc(N(C)c2ncc(CN)cc2C)cc1. The van der Waals surface area contributed by atoms with Crippen LogP contribution < -0.4 is 10.6 Å². The number of hydrogen-bond acceptors (Lipinski definition) is 3. The van der Waals surface area contributed by atoms with Gasteiger partial charge in [-0.05, 0) is 43.2 Å². The van der Waals surface area contributed by atoms with E-state index >= 15 is 0 Å². The molecule has 2 rings (SSSR count). The molecule has 0 aliphatic carbocycles. The average molecular weight is 241 g/mol. The van der Waals surface area contributed by atoms with Crippen molar-refractivity contribution in [1.82, 2.24) is 4.98 Å². The van der Waals surface area contributed by atoms with Gasteiger partial charge in [-0.1, -0.05) is 17.7 Å². The number of nitrogens with two attached hydrogens (primary N) is 1. The van der Waals surface area contributed by atoms with E-state index in [9.17, 15) is 0 Å². The molecule has 3 nitrogen and oxygen atoms in total. The van der Waals surface area contributed by atoms with Crippen molar-refractivity contribution in [1.29, 1.82) is 0 Å². The van der Waals surface area contributed by atoms with Crippen LogP contribution in [-0.4, -0.2) is 12.0 Å². The van der Waals surface area contributed by atoms with Crippen LogP contribution in [0.2, 0.25) is 0 Å². The number of anilines is 2. The van der Waals surface area contributed by atoms with Gasteiger partial charge in [0.1, 0.15) is 5.82 Å². The second-order valence-corrected chi connectivity index (χ2v) is 4.58. The molecule has 0 amide bonds. The fourth-order valence-electron chi connectivity index (χ4n) is 1.98. The predicted octanol–water partition coefficient (Wildman–Crippen LogP) is 2.93. The van der Waals surface area contributed by atoms with E-state index in [4.69, 9.17) is 5.73 Å². The number of aromatic nitrogens is 1. The molecule has 94 valence electrons. The maximum atomic E-state index is 5.62. The third-order valence-electron chi connectivity index (χ3n) is 3.08. The first kappa shape index (κ1) is 12.6. The van der Waals surface area contributed by atoms with Gasteiger partial charge in [0, 0.05) is 25.5 Å². The quantitative estimate of drug-likeness (QED) is 0.898. The molecule has 0 atom stereocenters. The molecule has 0 radical (unpaired) electrons. The molecule has 2 aromatic rings. The third-order valence-corrected chi connectivity index (χ3v) is 3.08. The lowest BCUT2D eigenvalue weighted by molar-refractivity contribution is 1.02. The Morgan fingerprint density at radius 2 is 1.83 bits per heavy atom. The zero-order valence-corrected chi connectivity index (χ0v) is 11.1. The smallest absolute Gasteiger partial charge is 0.135 e. The van der Waals surface area contributed by atoms with E-state index < -0.39 is 0 Å². The number of benzene rings is 1. The minimum Gasteiger partial charge on any atom is -0.329 e. The minimum absolute atomic E-state index is 0.530. The summed E-state index contributed by atoms with van der Waals surface area (Å²) >= 11 is 0. The lowest BCUT2D eigenvalue weighted by Crippen LogP contribution is -2.13. The average Bonchev–Trinajstić information content (AvgIpc) is 2.38. The van der Waals surface area contributed by atoms with Gasteiger partial charge in [0.25, 0.3) is 0 Å². The van der Waals surface area contributed by atoms with Crippen molar-refractivity contribution < 1.29 is 0 Å². The van der Waals surface area contributed by atoms with Crippen molar-refractivity contribution in [3.05, 3.63) is 53.2 Å². The highest BCUT2D eigenvalue weighted by Crippen LogP contribution is 2.25. The molecule has 0 unspecified atom stereocenters. The van der Waals surface area contributed by atoms with Crippen molar-refractivity contribution >= 4 is 11.5 Å². The lowest BCUT2D eigenvalue weighted by atomic mass is 10.1. The largest absolute Gasteiger partial charge is 0.329 e. The number of hydrogen-bond donors (Lipinski definition) is 1. The van der Waals surface area contributed by atoms with Crippen LogP contribution in [0.3, 0.4) is 0 Å². The number of rotatable bonds is 3. The summed E-state index contributed by atoms with van der Waals surface area (Å²) in [6, 6.07) is 10.5. The molecule has 1 heterocycles. The normalized spacial score (nSPS) is 10.4. The molecule has 0 bridgehead atoms. The fourth-order valence-corrected chi connectivity index (χ4v) is 1.98. The Morgan fingerprint density at radius 1 is 1.17 bits per heavy atom. The Bertz CT molecular complexity index is 532. The third kappa shape index (κ3) is 2.51. The van der Waals surface area contributed by atoms with Gasteiger partial charge >= 0.3 is 0 Å². The Hall–Kier alpha value is -1.87. The summed E-state index contributed by atoms with van der Waals surface area (Å²) in [6.07, 6.45) is 1.84. The van der Waals surface area contributed by atoms with Crippen molar-refractivity contribution in [2.45, 2.75) is 20.4 Å². The van der Waals surface area contributed by atoms with E-state index in [0.29, 0.717) is 6.54 Å². The summed E-state index contributed by atoms with van der Waals surface area (Å²) in [7, 11) is 2.03. The van der Waals surface area contributed by atoms with Gasteiger partial charge in [0.15, 0.2) is 0 Å². The fraction of sp³-hybridized carbons (Fsp3) is 0.267. The molecule has 0 aliphatic heterocycles. The molecule has 0 saturated carbocycles.